The fraction of sp³-hybridized carbons (Fsp3) is 0.857. The lowest BCUT2D eigenvalue weighted by atomic mass is 9.99. The molecule has 0 saturated heterocycles. The van der Waals surface area contributed by atoms with Crippen molar-refractivity contribution in [1.82, 2.24) is 0 Å². The molecule has 0 aliphatic rings. The minimum absolute atomic E-state index is 0. The fourth-order valence-electron chi connectivity index (χ4n) is 0.667. The molecule has 0 aromatic carbocycles. The van der Waals surface area contributed by atoms with E-state index in [1.807, 2.05) is 27.7 Å². The largest absolute Gasteiger partial charge is 0.299 e. The van der Waals surface area contributed by atoms with E-state index in [-0.39, 0.29) is 24.2 Å². The highest BCUT2D eigenvalue weighted by Gasteiger charge is 2.09. The summed E-state index contributed by atoms with van der Waals surface area (Å²) in [6.07, 6.45) is 0. The van der Waals surface area contributed by atoms with Crippen LogP contribution in [0.5, 0.6) is 0 Å². The van der Waals surface area contributed by atoms with E-state index in [4.69, 9.17) is 0 Å². The number of carbonyl (C=O) groups excluding carboxylic acids is 1. The topological polar surface area (TPSA) is 17.1 Å². The number of carbonyl (C=O) groups is 1. The minimum atomic E-state index is 0. The zero-order valence-corrected chi connectivity index (χ0v) is 7.29. The summed E-state index contributed by atoms with van der Waals surface area (Å²) in [6, 6.07) is 0. The lowest BCUT2D eigenvalue weighted by molar-refractivity contribution is -0.124. The van der Waals surface area contributed by atoms with Crippen molar-refractivity contribution in [2.45, 2.75) is 27.7 Å². The molecule has 0 aliphatic carbocycles. The summed E-state index contributed by atoms with van der Waals surface area (Å²) < 4.78 is 0. The third kappa shape index (κ3) is 4.46. The molecule has 0 aliphatic heterocycles. The molecule has 0 atom stereocenters. The van der Waals surface area contributed by atoms with Crippen molar-refractivity contribution in [3.05, 3.63) is 0 Å². The van der Waals surface area contributed by atoms with Crippen molar-refractivity contribution in [3.8, 4) is 0 Å². The van der Waals surface area contributed by atoms with Crippen LogP contribution in [0.15, 0.2) is 0 Å². The van der Waals surface area contributed by atoms with Gasteiger partial charge in [-0.15, -0.1) is 12.4 Å². The van der Waals surface area contributed by atoms with Crippen LogP contribution in [-0.2, 0) is 4.79 Å². The predicted molar refractivity (Wildman–Crippen MR) is 41.9 cm³/mol. The Morgan fingerprint density at radius 1 is 1.00 bits per heavy atom. The van der Waals surface area contributed by atoms with Gasteiger partial charge in [0.25, 0.3) is 0 Å². The molecule has 0 bridgehead atoms. The monoisotopic (exact) mass is 150 g/mol. The van der Waals surface area contributed by atoms with Crippen molar-refractivity contribution in [3.63, 3.8) is 0 Å². The average molecular weight is 151 g/mol. The molecular weight excluding hydrogens is 136 g/mol. The zero-order chi connectivity index (χ0) is 6.73. The zero-order valence-electron chi connectivity index (χ0n) is 6.47. The molecule has 0 aromatic heterocycles. The molecule has 9 heavy (non-hydrogen) atoms. The molecule has 0 unspecified atom stereocenters. The van der Waals surface area contributed by atoms with Gasteiger partial charge in [0, 0.05) is 11.8 Å². The number of hydrogen-bond donors (Lipinski definition) is 0. The second kappa shape index (κ2) is 4.80. The van der Waals surface area contributed by atoms with E-state index in [1.54, 1.807) is 0 Å². The first-order chi connectivity index (χ1) is 3.55. The van der Waals surface area contributed by atoms with Crippen LogP contribution < -0.4 is 0 Å². The summed E-state index contributed by atoms with van der Waals surface area (Å²) >= 11 is 0. The SMILES string of the molecule is CC(C)C(=O)C(C)C.Cl. The van der Waals surface area contributed by atoms with Crippen LogP contribution >= 0.6 is 12.4 Å². The Balaban J connectivity index is 0. The molecule has 1 nitrogen and oxygen atoms in total. The summed E-state index contributed by atoms with van der Waals surface area (Å²) in [5.41, 5.74) is 0. The number of rotatable bonds is 2. The van der Waals surface area contributed by atoms with Crippen molar-refractivity contribution < 1.29 is 4.79 Å². The van der Waals surface area contributed by atoms with Gasteiger partial charge in [0.1, 0.15) is 5.78 Å². The van der Waals surface area contributed by atoms with E-state index in [0.717, 1.165) is 0 Å². The Hall–Kier alpha value is -0.0400. The molecule has 0 spiro atoms. The highest BCUT2D eigenvalue weighted by molar-refractivity contribution is 5.85. The molecule has 0 aromatic rings. The van der Waals surface area contributed by atoms with Crippen molar-refractivity contribution >= 4 is 18.2 Å². The standard InChI is InChI=1S/C7H14O.ClH/c1-5(2)7(8)6(3)4;/h5-6H,1-4H3;1H. The average Bonchev–Trinajstić information content (AvgIpc) is 1.64. The Morgan fingerprint density at radius 2 is 1.22 bits per heavy atom. The Morgan fingerprint density at radius 3 is 1.22 bits per heavy atom. The van der Waals surface area contributed by atoms with Gasteiger partial charge >= 0.3 is 0 Å². The maximum absolute atomic E-state index is 10.8. The van der Waals surface area contributed by atoms with Gasteiger partial charge in [-0.1, -0.05) is 27.7 Å². The Labute approximate surface area is 63.2 Å². The molecule has 0 saturated carbocycles. The summed E-state index contributed by atoms with van der Waals surface area (Å²) in [7, 11) is 0. The Bertz CT molecular complexity index is 76.9. The quantitative estimate of drug-likeness (QED) is 0.591. The van der Waals surface area contributed by atoms with E-state index in [0.29, 0.717) is 5.78 Å². The first-order valence-corrected chi connectivity index (χ1v) is 3.09. The van der Waals surface area contributed by atoms with Gasteiger partial charge < -0.3 is 0 Å². The second-order valence-electron chi connectivity index (χ2n) is 2.71. The third-order valence-corrected chi connectivity index (χ3v) is 1.14. The van der Waals surface area contributed by atoms with E-state index < -0.39 is 0 Å². The van der Waals surface area contributed by atoms with Crippen molar-refractivity contribution in [1.29, 1.82) is 0 Å². The van der Waals surface area contributed by atoms with Crippen LogP contribution in [0.2, 0.25) is 0 Å². The molecule has 0 amide bonds. The van der Waals surface area contributed by atoms with E-state index in [2.05, 4.69) is 0 Å². The lowest BCUT2D eigenvalue weighted by Crippen LogP contribution is -2.13. The maximum Gasteiger partial charge on any atom is 0.137 e. The van der Waals surface area contributed by atoms with E-state index in [9.17, 15) is 4.79 Å². The number of ketones is 1. The molecule has 0 fully saturated rings. The lowest BCUT2D eigenvalue weighted by Gasteiger charge is -2.05. The predicted octanol–water partition coefficient (Wildman–Crippen LogP) is 2.29. The Kier molecular flexibility index (Phi) is 6.25. The molecular formula is C7H15ClO. The highest BCUT2D eigenvalue weighted by atomic mass is 35.5. The van der Waals surface area contributed by atoms with Gasteiger partial charge in [-0.05, 0) is 0 Å². The van der Waals surface area contributed by atoms with E-state index in [1.165, 1.54) is 0 Å². The van der Waals surface area contributed by atoms with Crippen molar-refractivity contribution in [2.75, 3.05) is 0 Å². The van der Waals surface area contributed by atoms with Gasteiger partial charge in [0.2, 0.25) is 0 Å². The number of Topliss-reactive ketones (excluding diaryl/α,β-unsaturated/α-hetero) is 1. The van der Waals surface area contributed by atoms with Gasteiger partial charge in [-0.3, -0.25) is 4.79 Å². The number of halogens is 1. The third-order valence-electron chi connectivity index (χ3n) is 1.14. The normalized spacial score (nSPS) is 9.56. The van der Waals surface area contributed by atoms with Gasteiger partial charge in [-0.25, -0.2) is 0 Å². The minimum Gasteiger partial charge on any atom is -0.299 e. The number of hydrogen-bond acceptors (Lipinski definition) is 1. The summed E-state index contributed by atoms with van der Waals surface area (Å²) in [5, 5.41) is 0. The summed E-state index contributed by atoms with van der Waals surface area (Å²) in [6.45, 7) is 7.73. The highest BCUT2D eigenvalue weighted by Crippen LogP contribution is 2.03. The first-order valence-electron chi connectivity index (χ1n) is 3.09. The van der Waals surface area contributed by atoms with Crippen molar-refractivity contribution in [2.24, 2.45) is 11.8 Å². The summed E-state index contributed by atoms with van der Waals surface area (Å²) in [5.74, 6) is 0.759. The molecule has 0 rings (SSSR count). The van der Waals surface area contributed by atoms with Crippen LogP contribution in [0.25, 0.3) is 0 Å². The molecule has 56 valence electrons. The van der Waals surface area contributed by atoms with Gasteiger partial charge in [0.15, 0.2) is 0 Å². The van der Waals surface area contributed by atoms with Crippen LogP contribution in [-0.4, -0.2) is 5.78 Å². The fourth-order valence-corrected chi connectivity index (χ4v) is 0.667. The van der Waals surface area contributed by atoms with E-state index >= 15 is 0 Å². The van der Waals surface area contributed by atoms with Crippen LogP contribution in [0.3, 0.4) is 0 Å². The van der Waals surface area contributed by atoms with Crippen LogP contribution in [0.4, 0.5) is 0 Å². The van der Waals surface area contributed by atoms with Gasteiger partial charge in [0.05, 0.1) is 0 Å². The summed E-state index contributed by atoms with van der Waals surface area (Å²) in [4.78, 5) is 10.8. The van der Waals surface area contributed by atoms with Crippen LogP contribution in [0.1, 0.15) is 27.7 Å². The molecule has 0 N–H and O–H groups in total. The van der Waals surface area contributed by atoms with Gasteiger partial charge in [-0.2, -0.15) is 0 Å². The molecule has 0 heterocycles. The molecule has 2 heteroatoms. The first kappa shape index (κ1) is 11.7. The smallest absolute Gasteiger partial charge is 0.137 e. The maximum atomic E-state index is 10.8. The second-order valence-corrected chi connectivity index (χ2v) is 2.71. The molecule has 0 radical (unpaired) electrons. The van der Waals surface area contributed by atoms with Crippen LogP contribution in [0, 0.1) is 11.8 Å².